The van der Waals surface area contributed by atoms with Gasteiger partial charge in [0.1, 0.15) is 11.3 Å². The highest BCUT2D eigenvalue weighted by molar-refractivity contribution is 6.32. The molecular weight excluding hydrogens is 382 g/mol. The standard InChI is InChI=1S/C21H26ClNO5/c1-12-13(2)21(25)28-18-10-19(17(22)9-16(12)18)27-14(3)20(24)23(4)11-15-5-7-26-8-6-15/h9-10,14-15H,5-8,11H2,1-4H3. The van der Waals surface area contributed by atoms with Gasteiger partial charge in [0.25, 0.3) is 5.91 Å². The Balaban J connectivity index is 1.75. The Hall–Kier alpha value is -2.05. The lowest BCUT2D eigenvalue weighted by Gasteiger charge is -2.29. The highest BCUT2D eigenvalue weighted by Crippen LogP contribution is 2.32. The molecule has 3 rings (SSSR count). The number of ether oxygens (including phenoxy) is 2. The number of carbonyl (C=O) groups excluding carboxylic acids is 1. The summed E-state index contributed by atoms with van der Waals surface area (Å²) in [5.41, 5.74) is 1.37. The molecule has 1 aromatic heterocycles. The van der Waals surface area contributed by atoms with Crippen molar-refractivity contribution < 1.29 is 18.7 Å². The zero-order valence-corrected chi connectivity index (χ0v) is 17.5. The molecule has 6 nitrogen and oxygen atoms in total. The minimum atomic E-state index is -0.710. The quantitative estimate of drug-likeness (QED) is 0.706. The van der Waals surface area contributed by atoms with Crippen LogP contribution < -0.4 is 10.4 Å². The monoisotopic (exact) mass is 407 g/mol. The lowest BCUT2D eigenvalue weighted by atomic mass is 10.00. The Bertz CT molecular complexity index is 933. The molecule has 2 heterocycles. The second-order valence-corrected chi connectivity index (χ2v) is 7.86. The van der Waals surface area contributed by atoms with Crippen LogP contribution in [0.25, 0.3) is 11.0 Å². The van der Waals surface area contributed by atoms with Crippen molar-refractivity contribution >= 4 is 28.5 Å². The number of hydrogen-bond donors (Lipinski definition) is 0. The van der Waals surface area contributed by atoms with E-state index in [1.807, 2.05) is 6.92 Å². The van der Waals surface area contributed by atoms with Crippen LogP contribution >= 0.6 is 11.6 Å². The van der Waals surface area contributed by atoms with Gasteiger partial charge in [-0.15, -0.1) is 0 Å². The van der Waals surface area contributed by atoms with E-state index in [0.717, 1.165) is 37.0 Å². The van der Waals surface area contributed by atoms with Gasteiger partial charge in [-0.2, -0.15) is 0 Å². The molecule has 1 fully saturated rings. The molecule has 1 saturated heterocycles. The molecular formula is C21H26ClNO5. The molecule has 1 amide bonds. The number of nitrogens with zero attached hydrogens (tertiary/aromatic N) is 1. The summed E-state index contributed by atoms with van der Waals surface area (Å²) in [6, 6.07) is 3.29. The third-order valence-electron chi connectivity index (χ3n) is 5.41. The van der Waals surface area contributed by atoms with Gasteiger partial charge in [-0.3, -0.25) is 4.79 Å². The van der Waals surface area contributed by atoms with Crippen molar-refractivity contribution in [2.24, 2.45) is 5.92 Å². The normalized spacial score (nSPS) is 16.2. The Morgan fingerprint density at radius 1 is 1.29 bits per heavy atom. The van der Waals surface area contributed by atoms with E-state index >= 15 is 0 Å². The summed E-state index contributed by atoms with van der Waals surface area (Å²) in [5, 5.41) is 1.13. The van der Waals surface area contributed by atoms with E-state index in [4.69, 9.17) is 25.5 Å². The fraction of sp³-hybridized carbons (Fsp3) is 0.524. The van der Waals surface area contributed by atoms with Crippen LogP contribution in [0.4, 0.5) is 0 Å². The van der Waals surface area contributed by atoms with Gasteiger partial charge in [0.05, 0.1) is 5.02 Å². The minimum absolute atomic E-state index is 0.121. The second-order valence-electron chi connectivity index (χ2n) is 7.45. The molecule has 0 N–H and O–H groups in total. The SMILES string of the molecule is Cc1c(C)c2cc(Cl)c(OC(C)C(=O)N(C)CC3CCOCC3)cc2oc1=O. The maximum Gasteiger partial charge on any atom is 0.339 e. The minimum Gasteiger partial charge on any atom is -0.479 e. The van der Waals surface area contributed by atoms with Gasteiger partial charge in [0.2, 0.25) is 0 Å². The maximum atomic E-state index is 12.7. The molecule has 1 aliphatic heterocycles. The molecule has 0 spiro atoms. The number of amides is 1. The molecule has 152 valence electrons. The van der Waals surface area contributed by atoms with Gasteiger partial charge in [-0.05, 0) is 51.2 Å². The molecule has 0 radical (unpaired) electrons. The van der Waals surface area contributed by atoms with Crippen LogP contribution in [0.3, 0.4) is 0 Å². The van der Waals surface area contributed by atoms with Crippen molar-refractivity contribution in [2.45, 2.75) is 39.7 Å². The maximum absolute atomic E-state index is 12.7. The van der Waals surface area contributed by atoms with Crippen LogP contribution in [-0.2, 0) is 9.53 Å². The third-order valence-corrected chi connectivity index (χ3v) is 5.71. The summed E-state index contributed by atoms with van der Waals surface area (Å²) >= 11 is 6.37. The fourth-order valence-corrected chi connectivity index (χ4v) is 3.70. The molecule has 0 bridgehead atoms. The first kappa shape index (κ1) is 20.7. The fourth-order valence-electron chi connectivity index (χ4n) is 3.49. The average molecular weight is 408 g/mol. The Morgan fingerprint density at radius 3 is 2.64 bits per heavy atom. The number of carbonyl (C=O) groups is 1. The summed E-state index contributed by atoms with van der Waals surface area (Å²) in [6.07, 6.45) is 1.21. The number of fused-ring (bicyclic) bond motifs is 1. The van der Waals surface area contributed by atoms with Crippen molar-refractivity contribution in [3.63, 3.8) is 0 Å². The first-order chi connectivity index (χ1) is 13.3. The molecule has 0 saturated carbocycles. The van der Waals surface area contributed by atoms with E-state index in [-0.39, 0.29) is 5.91 Å². The van der Waals surface area contributed by atoms with Crippen LogP contribution in [0.5, 0.6) is 5.75 Å². The zero-order chi connectivity index (χ0) is 20.4. The molecule has 2 aromatic rings. The van der Waals surface area contributed by atoms with Crippen molar-refractivity contribution in [3.8, 4) is 5.75 Å². The Morgan fingerprint density at radius 2 is 1.96 bits per heavy atom. The first-order valence-corrected chi connectivity index (χ1v) is 9.88. The lowest BCUT2D eigenvalue weighted by Crippen LogP contribution is -2.41. The number of hydrogen-bond acceptors (Lipinski definition) is 5. The van der Waals surface area contributed by atoms with E-state index in [9.17, 15) is 9.59 Å². The molecule has 1 aromatic carbocycles. The largest absolute Gasteiger partial charge is 0.479 e. The van der Waals surface area contributed by atoms with Crippen LogP contribution in [0.2, 0.25) is 5.02 Å². The molecule has 7 heteroatoms. The van der Waals surface area contributed by atoms with Gasteiger partial charge in [0.15, 0.2) is 6.10 Å². The van der Waals surface area contributed by atoms with Crippen molar-refractivity contribution in [3.05, 3.63) is 38.7 Å². The Kier molecular flexibility index (Phi) is 6.30. The second kappa shape index (κ2) is 8.53. The van der Waals surface area contributed by atoms with Crippen molar-refractivity contribution in [1.29, 1.82) is 0 Å². The summed E-state index contributed by atoms with van der Waals surface area (Å²) in [4.78, 5) is 26.3. The number of rotatable bonds is 5. The molecule has 1 aliphatic rings. The summed E-state index contributed by atoms with van der Waals surface area (Å²) in [6.45, 7) is 7.43. The van der Waals surface area contributed by atoms with Gasteiger partial charge >= 0.3 is 5.63 Å². The van der Waals surface area contributed by atoms with E-state index in [0.29, 0.717) is 34.4 Å². The van der Waals surface area contributed by atoms with Crippen LogP contribution in [-0.4, -0.2) is 43.7 Å². The predicted molar refractivity (Wildman–Crippen MR) is 108 cm³/mol. The first-order valence-electron chi connectivity index (χ1n) is 9.51. The number of halogens is 1. The summed E-state index contributed by atoms with van der Waals surface area (Å²) < 4.78 is 16.5. The van der Waals surface area contributed by atoms with Gasteiger partial charge in [-0.1, -0.05) is 11.6 Å². The molecule has 0 aliphatic carbocycles. The van der Waals surface area contributed by atoms with Crippen molar-refractivity contribution in [1.82, 2.24) is 4.90 Å². The zero-order valence-electron chi connectivity index (χ0n) is 16.7. The van der Waals surface area contributed by atoms with Gasteiger partial charge in [0, 0.05) is 43.8 Å². The van der Waals surface area contributed by atoms with Crippen LogP contribution in [0, 0.1) is 19.8 Å². The average Bonchev–Trinajstić information content (AvgIpc) is 2.68. The highest BCUT2D eigenvalue weighted by atomic mass is 35.5. The Labute approximate surface area is 169 Å². The van der Waals surface area contributed by atoms with E-state index in [2.05, 4.69) is 0 Å². The molecule has 28 heavy (non-hydrogen) atoms. The molecule has 1 atom stereocenters. The van der Waals surface area contributed by atoms with E-state index < -0.39 is 11.7 Å². The lowest BCUT2D eigenvalue weighted by molar-refractivity contribution is -0.137. The van der Waals surface area contributed by atoms with Gasteiger partial charge < -0.3 is 18.8 Å². The predicted octanol–water partition coefficient (Wildman–Crippen LogP) is 3.72. The third kappa shape index (κ3) is 4.33. The highest BCUT2D eigenvalue weighted by Gasteiger charge is 2.24. The molecule has 1 unspecified atom stereocenters. The van der Waals surface area contributed by atoms with Gasteiger partial charge in [-0.25, -0.2) is 4.79 Å². The summed E-state index contributed by atoms with van der Waals surface area (Å²) in [7, 11) is 1.78. The van der Waals surface area contributed by atoms with E-state index in [1.165, 1.54) is 0 Å². The van der Waals surface area contributed by atoms with Crippen LogP contribution in [0.15, 0.2) is 21.3 Å². The van der Waals surface area contributed by atoms with E-state index in [1.54, 1.807) is 37.9 Å². The van der Waals surface area contributed by atoms with Crippen molar-refractivity contribution in [2.75, 3.05) is 26.8 Å². The topological polar surface area (TPSA) is 69.0 Å². The number of aryl methyl sites for hydroxylation is 1. The smallest absolute Gasteiger partial charge is 0.339 e. The number of likely N-dealkylation sites (N-methyl/N-ethyl adjacent to an activating group) is 1. The summed E-state index contributed by atoms with van der Waals surface area (Å²) in [5.74, 6) is 0.643. The number of benzene rings is 1. The van der Waals surface area contributed by atoms with Crippen LogP contribution in [0.1, 0.15) is 30.9 Å².